The van der Waals surface area contributed by atoms with Crippen LogP contribution >= 0.6 is 27.5 Å². The summed E-state index contributed by atoms with van der Waals surface area (Å²) in [7, 11) is 1.92. The molecule has 2 heterocycles. The molecule has 98 valence electrons. The lowest BCUT2D eigenvalue weighted by molar-refractivity contribution is 0.602. The SMILES string of the molecule is CCc1nn(C)c(Cn2nc(C)c(Br)c2C)c1Cl. The Morgan fingerprint density at radius 1 is 1.28 bits per heavy atom. The summed E-state index contributed by atoms with van der Waals surface area (Å²) >= 11 is 9.87. The van der Waals surface area contributed by atoms with Gasteiger partial charge in [0.25, 0.3) is 0 Å². The molecule has 0 atom stereocenters. The molecule has 2 rings (SSSR count). The van der Waals surface area contributed by atoms with Crippen molar-refractivity contribution in [1.29, 1.82) is 0 Å². The summed E-state index contributed by atoms with van der Waals surface area (Å²) in [6, 6.07) is 0. The van der Waals surface area contributed by atoms with Gasteiger partial charge in [0.15, 0.2) is 0 Å². The maximum Gasteiger partial charge on any atom is 0.0869 e. The van der Waals surface area contributed by atoms with E-state index < -0.39 is 0 Å². The van der Waals surface area contributed by atoms with Gasteiger partial charge in [-0.3, -0.25) is 9.36 Å². The third kappa shape index (κ3) is 2.21. The fourth-order valence-corrected chi connectivity index (χ4v) is 2.60. The molecule has 0 amide bonds. The van der Waals surface area contributed by atoms with Gasteiger partial charge in [-0.15, -0.1) is 0 Å². The van der Waals surface area contributed by atoms with Gasteiger partial charge in [0.1, 0.15) is 0 Å². The molecule has 0 spiro atoms. The summed E-state index contributed by atoms with van der Waals surface area (Å²) in [5.41, 5.74) is 4.02. The molecule has 0 N–H and O–H groups in total. The highest BCUT2D eigenvalue weighted by atomic mass is 79.9. The predicted molar refractivity (Wildman–Crippen MR) is 76.1 cm³/mol. The highest BCUT2D eigenvalue weighted by Gasteiger charge is 2.16. The number of aromatic nitrogens is 4. The third-order valence-electron chi connectivity index (χ3n) is 3.10. The normalized spacial score (nSPS) is 11.2. The Kier molecular flexibility index (Phi) is 3.82. The largest absolute Gasteiger partial charge is 0.269 e. The van der Waals surface area contributed by atoms with Gasteiger partial charge in [-0.1, -0.05) is 18.5 Å². The van der Waals surface area contributed by atoms with Crippen molar-refractivity contribution in [2.75, 3.05) is 0 Å². The van der Waals surface area contributed by atoms with Crippen LogP contribution in [0.15, 0.2) is 4.47 Å². The molecule has 0 unspecified atom stereocenters. The summed E-state index contributed by atoms with van der Waals surface area (Å²) in [5.74, 6) is 0. The van der Waals surface area contributed by atoms with Gasteiger partial charge in [-0.05, 0) is 36.2 Å². The van der Waals surface area contributed by atoms with Gasteiger partial charge in [-0.25, -0.2) is 0 Å². The summed E-state index contributed by atoms with van der Waals surface area (Å²) in [6.07, 6.45) is 0.841. The van der Waals surface area contributed by atoms with Crippen LogP contribution in [0.1, 0.15) is 29.7 Å². The first-order valence-electron chi connectivity index (χ1n) is 5.85. The molecule has 2 aromatic rings. The predicted octanol–water partition coefficient (Wildman–Crippen LogP) is 3.26. The maximum atomic E-state index is 6.34. The Bertz CT molecular complexity index is 585. The number of hydrogen-bond acceptors (Lipinski definition) is 2. The van der Waals surface area contributed by atoms with Crippen molar-refractivity contribution in [3.8, 4) is 0 Å². The Morgan fingerprint density at radius 3 is 2.39 bits per heavy atom. The van der Waals surface area contributed by atoms with Crippen LogP contribution in [0.5, 0.6) is 0 Å². The zero-order valence-electron chi connectivity index (χ0n) is 11.0. The molecular formula is C12H16BrClN4. The minimum absolute atomic E-state index is 0.639. The van der Waals surface area contributed by atoms with Gasteiger partial charge >= 0.3 is 0 Å². The second-order valence-electron chi connectivity index (χ2n) is 4.33. The molecule has 0 aromatic carbocycles. The topological polar surface area (TPSA) is 35.6 Å². The van der Waals surface area contributed by atoms with E-state index in [4.69, 9.17) is 11.6 Å². The molecule has 4 nitrogen and oxygen atoms in total. The fraction of sp³-hybridized carbons (Fsp3) is 0.500. The van der Waals surface area contributed by atoms with Crippen molar-refractivity contribution < 1.29 is 0 Å². The molecule has 0 fully saturated rings. The summed E-state index contributed by atoms with van der Waals surface area (Å²) in [5, 5.41) is 9.66. The van der Waals surface area contributed by atoms with E-state index in [0.717, 1.165) is 38.7 Å². The van der Waals surface area contributed by atoms with Gasteiger partial charge in [0, 0.05) is 7.05 Å². The monoisotopic (exact) mass is 330 g/mol. The zero-order valence-corrected chi connectivity index (χ0v) is 13.3. The number of halogens is 2. The van der Waals surface area contributed by atoms with Crippen LogP contribution in [0.4, 0.5) is 0 Å². The molecule has 0 aliphatic rings. The van der Waals surface area contributed by atoms with Crippen LogP contribution in [0.2, 0.25) is 5.02 Å². The minimum Gasteiger partial charge on any atom is -0.269 e. The van der Waals surface area contributed by atoms with Crippen molar-refractivity contribution in [3.63, 3.8) is 0 Å². The van der Waals surface area contributed by atoms with Crippen molar-refractivity contribution in [2.24, 2.45) is 7.05 Å². The van der Waals surface area contributed by atoms with Crippen LogP contribution in [-0.2, 0) is 20.0 Å². The van der Waals surface area contributed by atoms with E-state index in [0.29, 0.717) is 6.54 Å². The van der Waals surface area contributed by atoms with Crippen LogP contribution in [-0.4, -0.2) is 19.6 Å². The first-order chi connectivity index (χ1) is 8.45. The Morgan fingerprint density at radius 2 is 1.94 bits per heavy atom. The first kappa shape index (κ1) is 13.6. The highest BCUT2D eigenvalue weighted by Crippen LogP contribution is 2.24. The first-order valence-corrected chi connectivity index (χ1v) is 7.02. The van der Waals surface area contributed by atoms with Crippen molar-refractivity contribution >= 4 is 27.5 Å². The van der Waals surface area contributed by atoms with Crippen LogP contribution in [0.25, 0.3) is 0 Å². The van der Waals surface area contributed by atoms with E-state index in [1.54, 1.807) is 0 Å². The smallest absolute Gasteiger partial charge is 0.0869 e. The van der Waals surface area contributed by atoms with Gasteiger partial charge in [-0.2, -0.15) is 10.2 Å². The molecule has 0 aliphatic carbocycles. The lowest BCUT2D eigenvalue weighted by Gasteiger charge is -2.05. The average Bonchev–Trinajstić information content (AvgIpc) is 2.74. The fourth-order valence-electron chi connectivity index (χ4n) is 1.96. The van der Waals surface area contributed by atoms with E-state index in [1.165, 1.54) is 0 Å². The van der Waals surface area contributed by atoms with Crippen molar-refractivity contribution in [3.05, 3.63) is 32.3 Å². The maximum absolute atomic E-state index is 6.34. The standard InChI is InChI=1S/C12H16BrClN4/c1-5-9-12(14)10(17(4)16-9)6-18-8(3)11(13)7(2)15-18/h5-6H2,1-4H3. The zero-order chi connectivity index (χ0) is 13.4. The van der Waals surface area contributed by atoms with E-state index in [-0.39, 0.29) is 0 Å². The van der Waals surface area contributed by atoms with E-state index in [2.05, 4.69) is 33.1 Å². The molecule has 18 heavy (non-hydrogen) atoms. The number of hydrogen-bond donors (Lipinski definition) is 0. The molecular weight excluding hydrogens is 316 g/mol. The van der Waals surface area contributed by atoms with Gasteiger partial charge in [0.2, 0.25) is 0 Å². The van der Waals surface area contributed by atoms with Crippen molar-refractivity contribution in [2.45, 2.75) is 33.7 Å². The lowest BCUT2D eigenvalue weighted by atomic mass is 10.3. The average molecular weight is 332 g/mol. The quantitative estimate of drug-likeness (QED) is 0.865. The minimum atomic E-state index is 0.639. The lowest BCUT2D eigenvalue weighted by Crippen LogP contribution is -2.08. The number of rotatable bonds is 3. The molecule has 0 aliphatic heterocycles. The molecule has 2 aromatic heterocycles. The van der Waals surface area contributed by atoms with E-state index in [1.807, 2.05) is 30.3 Å². The van der Waals surface area contributed by atoms with Crippen LogP contribution in [0.3, 0.4) is 0 Å². The molecule has 0 bridgehead atoms. The van der Waals surface area contributed by atoms with Crippen molar-refractivity contribution in [1.82, 2.24) is 19.6 Å². The molecule has 0 radical (unpaired) electrons. The molecule has 0 saturated heterocycles. The third-order valence-corrected chi connectivity index (χ3v) is 4.68. The Labute approximate surface area is 120 Å². The Hall–Kier alpha value is -0.810. The van der Waals surface area contributed by atoms with Crippen LogP contribution < -0.4 is 0 Å². The number of nitrogens with zero attached hydrogens (tertiary/aromatic N) is 4. The van der Waals surface area contributed by atoms with Crippen LogP contribution in [0, 0.1) is 13.8 Å². The van der Waals surface area contributed by atoms with E-state index >= 15 is 0 Å². The second kappa shape index (κ2) is 5.05. The van der Waals surface area contributed by atoms with Gasteiger partial charge < -0.3 is 0 Å². The summed E-state index contributed by atoms with van der Waals surface area (Å²) < 4.78 is 4.84. The summed E-state index contributed by atoms with van der Waals surface area (Å²) in [4.78, 5) is 0. The summed E-state index contributed by atoms with van der Waals surface area (Å²) in [6.45, 7) is 6.71. The molecule has 6 heteroatoms. The molecule has 0 saturated carbocycles. The van der Waals surface area contributed by atoms with E-state index in [9.17, 15) is 0 Å². The Balaban J connectivity index is 2.40. The number of aryl methyl sites for hydroxylation is 3. The highest BCUT2D eigenvalue weighted by molar-refractivity contribution is 9.10. The van der Waals surface area contributed by atoms with Gasteiger partial charge in [0.05, 0.1) is 38.8 Å². The second-order valence-corrected chi connectivity index (χ2v) is 5.50.